The lowest BCUT2D eigenvalue weighted by Gasteiger charge is -2.31. The fourth-order valence-corrected chi connectivity index (χ4v) is 3.93. The minimum atomic E-state index is -0.0418. The molecule has 2 unspecified atom stereocenters. The molecule has 3 rings (SSSR count). The molecule has 5 heteroatoms. The van der Waals surface area contributed by atoms with Gasteiger partial charge >= 0.3 is 0 Å². The SMILES string of the molecule is NCC1CCCCC1NC(=O)c1ccn(C2CCCCC2)n1. The van der Waals surface area contributed by atoms with Crippen LogP contribution in [0, 0.1) is 5.92 Å². The third kappa shape index (κ3) is 3.51. The molecule has 122 valence electrons. The van der Waals surface area contributed by atoms with Crippen LogP contribution in [0.5, 0.6) is 0 Å². The second kappa shape index (κ2) is 7.27. The van der Waals surface area contributed by atoms with Gasteiger partial charge in [0.05, 0.1) is 6.04 Å². The fourth-order valence-electron chi connectivity index (χ4n) is 3.93. The van der Waals surface area contributed by atoms with E-state index in [4.69, 9.17) is 5.73 Å². The van der Waals surface area contributed by atoms with Crippen molar-refractivity contribution in [1.29, 1.82) is 0 Å². The topological polar surface area (TPSA) is 72.9 Å². The molecule has 0 saturated heterocycles. The van der Waals surface area contributed by atoms with Crippen LogP contribution in [0.25, 0.3) is 0 Å². The van der Waals surface area contributed by atoms with Crippen LogP contribution < -0.4 is 11.1 Å². The summed E-state index contributed by atoms with van der Waals surface area (Å²) in [6, 6.07) is 2.54. The normalized spacial score (nSPS) is 26.8. The van der Waals surface area contributed by atoms with Gasteiger partial charge in [0.15, 0.2) is 0 Å². The number of rotatable bonds is 4. The molecule has 2 atom stereocenters. The van der Waals surface area contributed by atoms with Crippen molar-refractivity contribution in [2.45, 2.75) is 69.9 Å². The van der Waals surface area contributed by atoms with Crippen LogP contribution in [0.2, 0.25) is 0 Å². The van der Waals surface area contributed by atoms with Gasteiger partial charge in [0.1, 0.15) is 5.69 Å². The van der Waals surface area contributed by atoms with Gasteiger partial charge in [-0.05, 0) is 44.2 Å². The zero-order valence-electron chi connectivity index (χ0n) is 13.3. The first-order chi connectivity index (χ1) is 10.8. The Morgan fingerprint density at radius 2 is 1.91 bits per heavy atom. The lowest BCUT2D eigenvalue weighted by Crippen LogP contribution is -2.44. The Kier molecular flexibility index (Phi) is 5.13. The first-order valence-electron chi connectivity index (χ1n) is 8.84. The van der Waals surface area contributed by atoms with Gasteiger partial charge in [0, 0.05) is 12.2 Å². The molecule has 1 aromatic rings. The van der Waals surface area contributed by atoms with E-state index >= 15 is 0 Å². The summed E-state index contributed by atoms with van der Waals surface area (Å²) in [6.07, 6.45) is 12.8. The number of hydrogen-bond acceptors (Lipinski definition) is 3. The summed E-state index contributed by atoms with van der Waals surface area (Å²) in [6.45, 7) is 0.654. The Hall–Kier alpha value is -1.36. The number of nitrogens with one attached hydrogen (secondary N) is 1. The molecule has 2 aliphatic rings. The Labute approximate surface area is 132 Å². The Bertz CT molecular complexity index is 493. The number of nitrogens with zero attached hydrogens (tertiary/aromatic N) is 2. The molecule has 3 N–H and O–H groups in total. The van der Waals surface area contributed by atoms with Crippen LogP contribution >= 0.6 is 0 Å². The van der Waals surface area contributed by atoms with Crippen LogP contribution in [0.3, 0.4) is 0 Å². The number of carbonyl (C=O) groups is 1. The molecule has 0 bridgehead atoms. The molecule has 22 heavy (non-hydrogen) atoms. The Morgan fingerprint density at radius 3 is 2.68 bits per heavy atom. The molecule has 2 aliphatic carbocycles. The largest absolute Gasteiger partial charge is 0.348 e. The number of amides is 1. The van der Waals surface area contributed by atoms with Gasteiger partial charge in [-0.25, -0.2) is 0 Å². The van der Waals surface area contributed by atoms with E-state index < -0.39 is 0 Å². The van der Waals surface area contributed by atoms with Crippen molar-refractivity contribution in [2.75, 3.05) is 6.54 Å². The maximum absolute atomic E-state index is 12.4. The summed E-state index contributed by atoms with van der Waals surface area (Å²) in [5.41, 5.74) is 6.39. The highest BCUT2D eigenvalue weighted by Gasteiger charge is 2.26. The van der Waals surface area contributed by atoms with E-state index in [0.29, 0.717) is 24.2 Å². The van der Waals surface area contributed by atoms with E-state index in [-0.39, 0.29) is 11.9 Å². The maximum Gasteiger partial charge on any atom is 0.272 e. The van der Waals surface area contributed by atoms with Crippen molar-refractivity contribution < 1.29 is 4.79 Å². The van der Waals surface area contributed by atoms with E-state index in [1.807, 2.05) is 16.9 Å². The summed E-state index contributed by atoms with van der Waals surface area (Å²) in [5.74, 6) is 0.373. The number of carbonyl (C=O) groups excluding carboxylic acids is 1. The third-order valence-electron chi connectivity index (χ3n) is 5.32. The molecular weight excluding hydrogens is 276 g/mol. The molecule has 1 heterocycles. The van der Waals surface area contributed by atoms with E-state index in [1.54, 1.807) is 0 Å². The smallest absolute Gasteiger partial charge is 0.272 e. The molecule has 0 spiro atoms. The third-order valence-corrected chi connectivity index (χ3v) is 5.32. The quantitative estimate of drug-likeness (QED) is 0.898. The van der Waals surface area contributed by atoms with E-state index in [0.717, 1.165) is 12.8 Å². The second-order valence-corrected chi connectivity index (χ2v) is 6.83. The van der Waals surface area contributed by atoms with Crippen molar-refractivity contribution in [2.24, 2.45) is 11.7 Å². The van der Waals surface area contributed by atoms with Crippen molar-refractivity contribution in [3.05, 3.63) is 18.0 Å². The summed E-state index contributed by atoms with van der Waals surface area (Å²) >= 11 is 0. The predicted molar refractivity (Wildman–Crippen MR) is 86.6 cm³/mol. The van der Waals surface area contributed by atoms with Gasteiger partial charge in [-0.3, -0.25) is 9.48 Å². The summed E-state index contributed by atoms with van der Waals surface area (Å²) in [7, 11) is 0. The Morgan fingerprint density at radius 1 is 1.18 bits per heavy atom. The highest BCUT2D eigenvalue weighted by atomic mass is 16.2. The highest BCUT2D eigenvalue weighted by Crippen LogP contribution is 2.27. The Balaban J connectivity index is 1.61. The van der Waals surface area contributed by atoms with Gasteiger partial charge in [-0.2, -0.15) is 5.10 Å². The van der Waals surface area contributed by atoms with Gasteiger partial charge in [-0.1, -0.05) is 32.1 Å². The minimum Gasteiger partial charge on any atom is -0.348 e. The van der Waals surface area contributed by atoms with Crippen LogP contribution in [0.1, 0.15) is 74.3 Å². The average molecular weight is 304 g/mol. The number of aromatic nitrogens is 2. The van der Waals surface area contributed by atoms with Gasteiger partial charge in [0.2, 0.25) is 0 Å². The first kappa shape index (κ1) is 15.5. The second-order valence-electron chi connectivity index (χ2n) is 6.83. The molecule has 0 aromatic carbocycles. The molecule has 1 amide bonds. The van der Waals surface area contributed by atoms with Crippen molar-refractivity contribution >= 4 is 5.91 Å². The minimum absolute atomic E-state index is 0.0418. The molecule has 5 nitrogen and oxygen atoms in total. The lowest BCUT2D eigenvalue weighted by atomic mass is 9.84. The van der Waals surface area contributed by atoms with Crippen LogP contribution in [0.4, 0.5) is 0 Å². The van der Waals surface area contributed by atoms with Crippen LogP contribution in [0.15, 0.2) is 12.3 Å². The maximum atomic E-state index is 12.4. The molecular formula is C17H28N4O. The molecule has 0 radical (unpaired) electrons. The van der Waals surface area contributed by atoms with E-state index in [2.05, 4.69) is 10.4 Å². The van der Waals surface area contributed by atoms with Crippen molar-refractivity contribution in [3.63, 3.8) is 0 Å². The van der Waals surface area contributed by atoms with Gasteiger partial charge in [-0.15, -0.1) is 0 Å². The zero-order valence-corrected chi connectivity index (χ0v) is 13.3. The fraction of sp³-hybridized carbons (Fsp3) is 0.765. The van der Waals surface area contributed by atoms with Gasteiger partial charge < -0.3 is 11.1 Å². The summed E-state index contributed by atoms with van der Waals surface area (Å²) < 4.78 is 2.00. The highest BCUT2D eigenvalue weighted by molar-refractivity contribution is 5.92. The zero-order chi connectivity index (χ0) is 15.4. The average Bonchev–Trinajstić information content (AvgIpc) is 3.06. The summed E-state index contributed by atoms with van der Waals surface area (Å²) in [4.78, 5) is 12.4. The predicted octanol–water partition coefficient (Wildman–Crippen LogP) is 2.64. The molecule has 0 aliphatic heterocycles. The van der Waals surface area contributed by atoms with E-state index in [1.165, 1.54) is 44.9 Å². The van der Waals surface area contributed by atoms with Crippen LogP contribution in [-0.2, 0) is 0 Å². The monoisotopic (exact) mass is 304 g/mol. The van der Waals surface area contributed by atoms with Crippen molar-refractivity contribution in [3.8, 4) is 0 Å². The number of nitrogens with two attached hydrogens (primary N) is 1. The van der Waals surface area contributed by atoms with E-state index in [9.17, 15) is 4.79 Å². The first-order valence-corrected chi connectivity index (χ1v) is 8.84. The lowest BCUT2D eigenvalue weighted by molar-refractivity contribution is 0.0901. The van der Waals surface area contributed by atoms with Crippen molar-refractivity contribution in [1.82, 2.24) is 15.1 Å². The van der Waals surface area contributed by atoms with Gasteiger partial charge in [0.25, 0.3) is 5.91 Å². The molecule has 2 saturated carbocycles. The molecule has 1 aromatic heterocycles. The van der Waals surface area contributed by atoms with Crippen LogP contribution in [-0.4, -0.2) is 28.3 Å². The molecule has 2 fully saturated rings. The number of hydrogen-bond donors (Lipinski definition) is 2. The summed E-state index contributed by atoms with van der Waals surface area (Å²) in [5, 5.41) is 7.68. The standard InChI is InChI=1S/C17H28N4O/c18-12-13-6-4-5-9-15(13)19-17(22)16-10-11-21(20-16)14-7-2-1-3-8-14/h10-11,13-15H,1-9,12,18H2,(H,19,22).